The van der Waals surface area contributed by atoms with E-state index in [1.807, 2.05) is 43.1 Å². The van der Waals surface area contributed by atoms with Crippen molar-refractivity contribution in [2.24, 2.45) is 0 Å². The molecule has 1 N–H and O–H groups in total. The van der Waals surface area contributed by atoms with Crippen molar-refractivity contribution in [2.75, 3.05) is 131 Å². The topological polar surface area (TPSA) is 123 Å². The van der Waals surface area contributed by atoms with Gasteiger partial charge in [0.2, 0.25) is 11.8 Å². The molecule has 2 amide bonds. The number of nitrogens with zero attached hydrogens (tertiary/aromatic N) is 9. The van der Waals surface area contributed by atoms with Gasteiger partial charge in [0, 0.05) is 87.8 Å². The molecule has 14 nitrogen and oxygen atoms in total. The lowest BCUT2D eigenvalue weighted by atomic mass is 10.1. The summed E-state index contributed by atoms with van der Waals surface area (Å²) >= 11 is 6.23. The molecule has 5 aromatic rings. The van der Waals surface area contributed by atoms with Crippen LogP contribution in [-0.2, 0) is 19.1 Å². The number of halogens is 5. The predicted molar refractivity (Wildman–Crippen MR) is 231 cm³/mol. The molecule has 2 aromatic carbocycles. The Morgan fingerprint density at radius 3 is 1.68 bits per heavy atom. The molecule has 328 valence electrons. The molecule has 0 unspecified atom stereocenters. The van der Waals surface area contributed by atoms with Gasteiger partial charge in [-0.1, -0.05) is 11.6 Å². The number of nitrogens with one attached hydrogen (secondary N) is 1. The standard InChI is InChI=1S/C28H33F2N7O3.C15H14ClF2N3O/c1-18-26(25-21(30)13-19(29)14-22(25)33-27(18)37-4-3-34(2)17-24(37)38)32-23-15-20(35-5-9-39-10-6-35)16-31-28(23)36-7-11-40-12-8-36;1-8-14(16)13-10(18)5-9(17)6-11(13)19-15(8)21-4-3-20(2)7-12(21)22/h13-16H,3-12,17H2,1-2H3,(H,32,33);5-6H,3-4,7H2,1-2H3. The minimum Gasteiger partial charge on any atom is -0.378 e. The maximum Gasteiger partial charge on any atom is 0.242 e. The zero-order chi connectivity index (χ0) is 43.8. The Labute approximate surface area is 360 Å². The Kier molecular flexibility index (Phi) is 12.7. The lowest BCUT2D eigenvalue weighted by molar-refractivity contribution is -0.121. The van der Waals surface area contributed by atoms with Gasteiger partial charge in [0.15, 0.2) is 5.82 Å². The zero-order valence-electron chi connectivity index (χ0n) is 34.9. The zero-order valence-corrected chi connectivity index (χ0v) is 35.7. The van der Waals surface area contributed by atoms with Crippen LogP contribution in [0.25, 0.3) is 21.8 Å². The molecule has 7 heterocycles. The van der Waals surface area contributed by atoms with E-state index in [-0.39, 0.29) is 51.7 Å². The number of rotatable bonds is 6. The van der Waals surface area contributed by atoms with E-state index < -0.39 is 23.3 Å². The first-order chi connectivity index (χ1) is 29.8. The Morgan fingerprint density at radius 1 is 0.629 bits per heavy atom. The molecule has 4 aliphatic rings. The first kappa shape index (κ1) is 43.3. The number of pyridine rings is 3. The average molecular weight is 879 g/mol. The molecule has 0 radical (unpaired) electrons. The number of hydrogen-bond donors (Lipinski definition) is 1. The third kappa shape index (κ3) is 8.79. The molecule has 62 heavy (non-hydrogen) atoms. The Hall–Kier alpha value is -5.40. The molecule has 0 atom stereocenters. The number of amides is 2. The summed E-state index contributed by atoms with van der Waals surface area (Å²) in [7, 11) is 3.74. The molecule has 4 saturated heterocycles. The van der Waals surface area contributed by atoms with E-state index in [4.69, 9.17) is 26.1 Å². The minimum atomic E-state index is -0.758. The van der Waals surface area contributed by atoms with Crippen LogP contribution < -0.4 is 24.9 Å². The second-order valence-electron chi connectivity index (χ2n) is 15.8. The Balaban J connectivity index is 0.000000203. The number of morpholine rings is 2. The number of likely N-dealkylation sites (N-methyl/N-ethyl adjacent to an activating group) is 2. The van der Waals surface area contributed by atoms with Crippen molar-refractivity contribution in [1.82, 2.24) is 24.8 Å². The molecule has 4 fully saturated rings. The highest BCUT2D eigenvalue weighted by atomic mass is 35.5. The summed E-state index contributed by atoms with van der Waals surface area (Å²) in [6.45, 7) is 11.5. The highest BCUT2D eigenvalue weighted by molar-refractivity contribution is 6.36. The molecule has 0 spiro atoms. The molecule has 4 aliphatic heterocycles. The summed E-state index contributed by atoms with van der Waals surface area (Å²) in [5.41, 5.74) is 3.38. The largest absolute Gasteiger partial charge is 0.378 e. The van der Waals surface area contributed by atoms with Crippen molar-refractivity contribution in [3.63, 3.8) is 0 Å². The highest BCUT2D eigenvalue weighted by Crippen LogP contribution is 2.40. The van der Waals surface area contributed by atoms with Crippen LogP contribution in [0.4, 0.5) is 52.1 Å². The Morgan fingerprint density at radius 2 is 1.13 bits per heavy atom. The summed E-state index contributed by atoms with van der Waals surface area (Å²) in [6.07, 6.45) is 1.85. The molecule has 0 bridgehead atoms. The van der Waals surface area contributed by atoms with E-state index in [0.717, 1.165) is 37.0 Å². The van der Waals surface area contributed by atoms with E-state index in [2.05, 4.69) is 25.1 Å². The fourth-order valence-electron chi connectivity index (χ4n) is 8.15. The molecule has 3 aromatic heterocycles. The number of benzene rings is 2. The van der Waals surface area contributed by atoms with Crippen molar-refractivity contribution in [1.29, 1.82) is 0 Å². The quantitative estimate of drug-likeness (QED) is 0.212. The first-order valence-electron chi connectivity index (χ1n) is 20.4. The Bertz CT molecular complexity index is 2540. The van der Waals surface area contributed by atoms with Crippen LogP contribution in [0.3, 0.4) is 0 Å². The van der Waals surface area contributed by atoms with Crippen LogP contribution in [-0.4, -0.2) is 143 Å². The van der Waals surface area contributed by atoms with Crippen molar-refractivity contribution in [3.8, 4) is 0 Å². The van der Waals surface area contributed by atoms with Crippen LogP contribution in [0, 0.1) is 37.1 Å². The van der Waals surface area contributed by atoms with Gasteiger partial charge in [-0.25, -0.2) is 32.5 Å². The third-order valence-corrected chi connectivity index (χ3v) is 12.0. The number of carbonyl (C=O) groups excluding carboxylic acids is 2. The molecule has 19 heteroatoms. The second kappa shape index (κ2) is 18.1. The van der Waals surface area contributed by atoms with Crippen LogP contribution >= 0.6 is 11.6 Å². The summed E-state index contributed by atoms with van der Waals surface area (Å²) in [4.78, 5) is 50.2. The maximum absolute atomic E-state index is 15.4. The van der Waals surface area contributed by atoms with E-state index in [0.29, 0.717) is 106 Å². The SMILES string of the molecule is Cc1c(N2CCN(C)CC2=O)nc2cc(F)cc(F)c2c1Cl.Cc1c(N2CCN(C)CC2=O)nc2cc(F)cc(F)c2c1Nc1cc(N2CCOCC2)cnc1N1CCOCC1. The molecule has 0 aliphatic carbocycles. The van der Waals surface area contributed by atoms with E-state index in [9.17, 15) is 22.8 Å². The van der Waals surface area contributed by atoms with Gasteiger partial charge in [-0.2, -0.15) is 0 Å². The number of hydrogen-bond acceptors (Lipinski definition) is 12. The number of fused-ring (bicyclic) bond motifs is 2. The average Bonchev–Trinajstić information content (AvgIpc) is 3.24. The smallest absolute Gasteiger partial charge is 0.242 e. The van der Waals surface area contributed by atoms with Gasteiger partial charge in [0.25, 0.3) is 0 Å². The van der Waals surface area contributed by atoms with Crippen LogP contribution in [0.2, 0.25) is 5.02 Å². The van der Waals surface area contributed by atoms with Crippen molar-refractivity contribution >= 4 is 79.7 Å². The van der Waals surface area contributed by atoms with Crippen LogP contribution in [0.5, 0.6) is 0 Å². The van der Waals surface area contributed by atoms with Crippen LogP contribution in [0.1, 0.15) is 11.1 Å². The second-order valence-corrected chi connectivity index (χ2v) is 16.2. The number of carbonyl (C=O) groups is 2. The summed E-state index contributed by atoms with van der Waals surface area (Å²) < 4.78 is 68.3. The van der Waals surface area contributed by atoms with E-state index in [1.165, 1.54) is 11.0 Å². The minimum absolute atomic E-state index is 0.0749. The summed E-state index contributed by atoms with van der Waals surface area (Å²) in [5.74, 6) is -1.70. The van der Waals surface area contributed by atoms with Crippen molar-refractivity contribution in [2.45, 2.75) is 13.8 Å². The van der Waals surface area contributed by atoms with Gasteiger partial charge in [-0.3, -0.25) is 29.2 Å². The van der Waals surface area contributed by atoms with Gasteiger partial charge in [0.1, 0.15) is 34.9 Å². The molecule has 0 saturated carbocycles. The number of aromatic nitrogens is 3. The molecular formula is C43H47ClF4N10O4. The highest BCUT2D eigenvalue weighted by Gasteiger charge is 2.30. The number of ether oxygens (including phenoxy) is 2. The van der Waals surface area contributed by atoms with Gasteiger partial charge in [0.05, 0.1) is 89.6 Å². The molecular weight excluding hydrogens is 832 g/mol. The van der Waals surface area contributed by atoms with Gasteiger partial charge < -0.3 is 24.6 Å². The maximum atomic E-state index is 15.4. The fourth-order valence-corrected chi connectivity index (χ4v) is 8.42. The number of piperazine rings is 2. The normalized spacial score (nSPS) is 18.1. The molecule has 9 rings (SSSR count). The lowest BCUT2D eigenvalue weighted by Gasteiger charge is -2.34. The fraction of sp³-hybridized carbons (Fsp3) is 0.419. The van der Waals surface area contributed by atoms with Gasteiger partial charge >= 0.3 is 0 Å². The van der Waals surface area contributed by atoms with Crippen molar-refractivity contribution < 1.29 is 36.6 Å². The monoisotopic (exact) mass is 878 g/mol. The van der Waals surface area contributed by atoms with Crippen molar-refractivity contribution in [3.05, 3.63) is 75.9 Å². The van der Waals surface area contributed by atoms with E-state index >= 15 is 4.39 Å². The van der Waals surface area contributed by atoms with Gasteiger partial charge in [-0.15, -0.1) is 0 Å². The van der Waals surface area contributed by atoms with Crippen LogP contribution in [0.15, 0.2) is 36.5 Å². The van der Waals surface area contributed by atoms with E-state index in [1.54, 1.807) is 11.8 Å². The first-order valence-corrected chi connectivity index (χ1v) is 20.8. The lowest BCUT2D eigenvalue weighted by Crippen LogP contribution is -2.49. The van der Waals surface area contributed by atoms with Gasteiger partial charge in [-0.05, 0) is 34.0 Å². The number of anilines is 6. The summed E-state index contributed by atoms with van der Waals surface area (Å²) in [6, 6.07) is 5.97. The summed E-state index contributed by atoms with van der Waals surface area (Å²) in [5, 5.41) is 3.86. The third-order valence-electron chi connectivity index (χ3n) is 11.5. The predicted octanol–water partition coefficient (Wildman–Crippen LogP) is 5.66.